The van der Waals surface area contributed by atoms with E-state index in [0.717, 1.165) is 31.5 Å². The van der Waals surface area contributed by atoms with Crippen molar-refractivity contribution in [3.8, 4) is 6.19 Å². The van der Waals surface area contributed by atoms with Crippen LogP contribution in [0.5, 0.6) is 0 Å². The fourth-order valence-electron chi connectivity index (χ4n) is 1.45. The lowest BCUT2D eigenvalue weighted by Gasteiger charge is -2.22. The van der Waals surface area contributed by atoms with Crippen LogP contribution in [0.1, 0.15) is 18.2 Å². The van der Waals surface area contributed by atoms with Crippen LogP contribution in [0, 0.1) is 11.5 Å². The lowest BCUT2D eigenvalue weighted by Crippen LogP contribution is -2.37. The van der Waals surface area contributed by atoms with Crippen LogP contribution in [0.15, 0.2) is 18.3 Å². The van der Waals surface area contributed by atoms with Crippen LogP contribution in [0.2, 0.25) is 0 Å². The molecular formula is C11H10F5N3OS. The number of nitrogens with zero attached hydrogens (tertiary/aromatic N) is 2. The van der Waals surface area contributed by atoms with Gasteiger partial charge in [-0.1, -0.05) is 6.07 Å². The van der Waals surface area contributed by atoms with Gasteiger partial charge in [0.1, 0.15) is 5.69 Å². The second-order valence-corrected chi connectivity index (χ2v) is 6.59. The normalized spacial score (nSPS) is 15.0. The highest BCUT2D eigenvalue weighted by molar-refractivity contribution is 8.00. The minimum absolute atomic E-state index is 0.323. The maximum Gasteiger partial charge on any atom is 0.459 e. The Balaban J connectivity index is 3.65. The lowest BCUT2D eigenvalue weighted by atomic mass is 10.1. The molecule has 0 spiro atoms. The average molecular weight is 327 g/mol. The SMILES string of the molecule is CC(c1cccnc1C(F)(F)C(F)(F)F)=S(C)(=O)NC#N. The van der Waals surface area contributed by atoms with Crippen molar-refractivity contribution in [2.45, 2.75) is 19.0 Å². The predicted molar refractivity (Wildman–Crippen MR) is 66.8 cm³/mol. The quantitative estimate of drug-likeness (QED) is 0.304. The van der Waals surface area contributed by atoms with Crippen molar-refractivity contribution in [1.29, 1.82) is 5.26 Å². The zero-order valence-corrected chi connectivity index (χ0v) is 11.6. The Morgan fingerprint density at radius 3 is 2.43 bits per heavy atom. The number of rotatable bonds is 3. The zero-order valence-electron chi connectivity index (χ0n) is 10.8. The van der Waals surface area contributed by atoms with Crippen LogP contribution in [0.3, 0.4) is 0 Å². The summed E-state index contributed by atoms with van der Waals surface area (Å²) >= 11 is 0. The molecule has 0 saturated heterocycles. The van der Waals surface area contributed by atoms with E-state index in [1.54, 1.807) is 0 Å². The predicted octanol–water partition coefficient (Wildman–Crippen LogP) is 2.18. The Labute approximate surface area is 117 Å². The Morgan fingerprint density at radius 1 is 1.38 bits per heavy atom. The Hall–Kier alpha value is -1.89. The molecule has 1 unspecified atom stereocenters. The fourth-order valence-corrected chi connectivity index (χ4v) is 2.36. The van der Waals surface area contributed by atoms with E-state index in [0.29, 0.717) is 0 Å². The summed E-state index contributed by atoms with van der Waals surface area (Å²) < 4.78 is 78.3. The lowest BCUT2D eigenvalue weighted by molar-refractivity contribution is -0.291. The van der Waals surface area contributed by atoms with E-state index in [1.165, 1.54) is 6.19 Å². The van der Waals surface area contributed by atoms with Crippen LogP contribution in [0.25, 0.3) is 0 Å². The monoisotopic (exact) mass is 327 g/mol. The molecule has 10 heteroatoms. The van der Waals surface area contributed by atoms with Gasteiger partial charge in [-0.2, -0.15) is 27.2 Å². The molecule has 1 N–H and O–H groups in total. The van der Waals surface area contributed by atoms with Gasteiger partial charge >= 0.3 is 12.1 Å². The van der Waals surface area contributed by atoms with Gasteiger partial charge in [0, 0.05) is 22.9 Å². The summed E-state index contributed by atoms with van der Waals surface area (Å²) in [5.41, 5.74) is -2.17. The molecule has 0 amide bonds. The second kappa shape index (κ2) is 5.48. The molecule has 1 aromatic rings. The van der Waals surface area contributed by atoms with Gasteiger partial charge in [-0.25, -0.2) is 8.93 Å². The largest absolute Gasteiger partial charge is 0.459 e. The highest BCUT2D eigenvalue weighted by Gasteiger charge is 2.60. The Kier molecular flexibility index (Phi) is 4.48. The first-order valence-corrected chi connectivity index (χ1v) is 7.31. The Bertz CT molecular complexity index is 699. The molecule has 1 aromatic heterocycles. The van der Waals surface area contributed by atoms with E-state index in [2.05, 4.69) is 4.98 Å². The first kappa shape index (κ1) is 17.2. The molecule has 0 saturated carbocycles. The highest BCUT2D eigenvalue weighted by Crippen LogP contribution is 2.44. The van der Waals surface area contributed by atoms with E-state index >= 15 is 0 Å². The smallest absolute Gasteiger partial charge is 0.254 e. The van der Waals surface area contributed by atoms with Gasteiger partial charge in [0.2, 0.25) is 0 Å². The molecule has 0 aliphatic carbocycles. The molecule has 0 radical (unpaired) electrons. The second-order valence-electron chi connectivity index (χ2n) is 4.09. The third-order valence-electron chi connectivity index (χ3n) is 2.67. The summed E-state index contributed by atoms with van der Waals surface area (Å²) in [7, 11) is -3.28. The van der Waals surface area contributed by atoms with Crippen molar-refractivity contribution in [1.82, 2.24) is 9.71 Å². The third kappa shape index (κ3) is 3.24. The topological polar surface area (TPSA) is 65.8 Å². The van der Waals surface area contributed by atoms with Crippen LogP contribution in [-0.4, -0.2) is 26.5 Å². The van der Waals surface area contributed by atoms with E-state index in [-0.39, 0.29) is 4.86 Å². The molecule has 1 atom stereocenters. The molecule has 0 aromatic carbocycles. The molecule has 1 heterocycles. The average Bonchev–Trinajstić information content (AvgIpc) is 2.36. The van der Waals surface area contributed by atoms with Crippen molar-refractivity contribution in [3.05, 3.63) is 29.6 Å². The maximum atomic E-state index is 13.5. The first-order chi connectivity index (χ1) is 9.45. The fraction of sp³-hybridized carbons (Fsp3) is 0.364. The minimum Gasteiger partial charge on any atom is -0.254 e. The molecule has 0 bridgehead atoms. The number of alkyl halides is 5. The van der Waals surface area contributed by atoms with E-state index < -0.39 is 33.1 Å². The number of hydrogen-bond donors (Lipinski definition) is 1. The number of nitriles is 1. The summed E-state index contributed by atoms with van der Waals surface area (Å²) in [6.07, 6.45) is -2.67. The third-order valence-corrected chi connectivity index (χ3v) is 4.53. The molecule has 0 aliphatic rings. The summed E-state index contributed by atoms with van der Waals surface area (Å²) in [6.45, 7) is 1.10. The number of halogens is 5. The van der Waals surface area contributed by atoms with E-state index in [4.69, 9.17) is 5.26 Å². The number of hydrogen-bond acceptors (Lipinski definition) is 3. The molecule has 0 aliphatic heterocycles. The Morgan fingerprint density at radius 2 is 1.95 bits per heavy atom. The van der Waals surface area contributed by atoms with Gasteiger partial charge in [0.05, 0.1) is 9.71 Å². The first-order valence-electron chi connectivity index (χ1n) is 5.34. The van der Waals surface area contributed by atoms with Crippen LogP contribution >= 0.6 is 0 Å². The minimum atomic E-state index is -5.84. The number of pyridine rings is 1. The van der Waals surface area contributed by atoms with Crippen LogP contribution in [-0.2, 0) is 15.6 Å². The van der Waals surface area contributed by atoms with Crippen LogP contribution in [0.4, 0.5) is 22.0 Å². The van der Waals surface area contributed by atoms with E-state index in [1.807, 2.05) is 4.72 Å². The van der Waals surface area contributed by atoms with Gasteiger partial charge in [-0.05, 0) is 13.0 Å². The standard InChI is InChI=1S/C11H10F5N3OS/c1-7(21(2,20)19-6-17)8-4-3-5-18-9(8)10(12,13)11(14,15)16/h3-5H,1-2H3,(H,19,20). The molecule has 116 valence electrons. The summed E-state index contributed by atoms with van der Waals surface area (Å²) in [5.74, 6) is -5.20. The molecule has 1 rings (SSSR count). The number of aromatic nitrogens is 1. The van der Waals surface area contributed by atoms with Gasteiger partial charge in [0.25, 0.3) is 0 Å². The van der Waals surface area contributed by atoms with Crippen molar-refractivity contribution in [2.24, 2.45) is 0 Å². The van der Waals surface area contributed by atoms with Crippen molar-refractivity contribution in [3.63, 3.8) is 0 Å². The van der Waals surface area contributed by atoms with Crippen molar-refractivity contribution < 1.29 is 26.2 Å². The van der Waals surface area contributed by atoms with E-state index in [9.17, 15) is 26.2 Å². The zero-order chi connectivity index (χ0) is 16.5. The number of nitrogens with one attached hydrogen (secondary N) is 1. The molecule has 21 heavy (non-hydrogen) atoms. The van der Waals surface area contributed by atoms with Crippen LogP contribution < -0.4 is 4.72 Å². The summed E-state index contributed by atoms with van der Waals surface area (Å²) in [4.78, 5) is 2.76. The molecule has 0 fully saturated rings. The van der Waals surface area contributed by atoms with Gasteiger partial charge in [0.15, 0.2) is 6.19 Å². The maximum absolute atomic E-state index is 13.5. The van der Waals surface area contributed by atoms with Crippen molar-refractivity contribution >= 4 is 14.6 Å². The van der Waals surface area contributed by atoms with Gasteiger partial charge in [-0.15, -0.1) is 0 Å². The summed E-state index contributed by atoms with van der Waals surface area (Å²) in [6, 6.07) is 2.08. The van der Waals surface area contributed by atoms with Crippen molar-refractivity contribution in [2.75, 3.05) is 6.26 Å². The highest BCUT2D eigenvalue weighted by atomic mass is 32.2. The molecule has 4 nitrogen and oxygen atoms in total. The molecular weight excluding hydrogens is 317 g/mol. The van der Waals surface area contributed by atoms with Gasteiger partial charge in [-0.3, -0.25) is 4.98 Å². The summed E-state index contributed by atoms with van der Waals surface area (Å²) in [5, 5.41) is 8.46. The van der Waals surface area contributed by atoms with Gasteiger partial charge < -0.3 is 0 Å².